The van der Waals surface area contributed by atoms with Crippen LogP contribution in [0.5, 0.6) is 5.75 Å². The molecular formula is C35H52FN3O4. The van der Waals surface area contributed by atoms with Gasteiger partial charge in [-0.25, -0.2) is 4.79 Å². The lowest BCUT2D eigenvalue weighted by Crippen LogP contribution is -2.44. The van der Waals surface area contributed by atoms with Gasteiger partial charge in [0.25, 0.3) is 0 Å². The van der Waals surface area contributed by atoms with Crippen LogP contribution in [-0.2, 0) is 4.84 Å². The molecule has 7 nitrogen and oxygen atoms in total. The monoisotopic (exact) mass is 597 g/mol. The van der Waals surface area contributed by atoms with Crippen molar-refractivity contribution in [1.82, 2.24) is 4.90 Å². The Labute approximate surface area is 258 Å². The standard InChI is InChI=1S/C29H38N2O4.C4H8FN.C2H6/c1-6-10-22(25(7-2)28(3,4)5)11-8-9-18-31-19-16-29(17-20-31)21-26(30-35-29)23-12-14-24(15-13-23)34-27(32)33;1-3-4(5)6-2;1-2/h6-8,11-15H,1-2,9-10,16-21H2,3-5H3,(H,32,33);3H2,1-2H3;1-2H3/b11-8-,25-22+;;. The van der Waals surface area contributed by atoms with Crippen molar-refractivity contribution >= 4 is 17.8 Å². The van der Waals surface area contributed by atoms with Crippen molar-refractivity contribution in [2.24, 2.45) is 15.6 Å². The lowest BCUT2D eigenvalue weighted by Gasteiger charge is -2.37. The number of allylic oxidation sites excluding steroid dienone is 5. The van der Waals surface area contributed by atoms with E-state index in [4.69, 9.17) is 9.94 Å². The summed E-state index contributed by atoms with van der Waals surface area (Å²) in [4.78, 5) is 22.4. The Morgan fingerprint density at radius 3 is 2.30 bits per heavy atom. The molecule has 0 aliphatic carbocycles. The Bertz CT molecular complexity index is 1150. The number of benzene rings is 1. The largest absolute Gasteiger partial charge is 0.511 e. The maximum Gasteiger partial charge on any atom is 0.511 e. The Hall–Kier alpha value is -3.52. The minimum absolute atomic E-state index is 0.0577. The Morgan fingerprint density at radius 2 is 1.84 bits per heavy atom. The number of rotatable bonds is 10. The number of hydrogen-bond donors (Lipinski definition) is 1. The Morgan fingerprint density at radius 1 is 1.21 bits per heavy atom. The molecule has 1 N–H and O–H groups in total. The molecule has 238 valence electrons. The molecule has 2 heterocycles. The van der Waals surface area contributed by atoms with E-state index >= 15 is 0 Å². The third-order valence-corrected chi connectivity index (χ3v) is 7.19. The van der Waals surface area contributed by atoms with Gasteiger partial charge in [0.2, 0.25) is 0 Å². The fraction of sp³-hybridized carbons (Fsp3) is 0.514. The summed E-state index contributed by atoms with van der Waals surface area (Å²) in [7, 11) is 1.44. The number of likely N-dealkylation sites (tertiary alicyclic amines) is 1. The predicted molar refractivity (Wildman–Crippen MR) is 177 cm³/mol. The first-order chi connectivity index (χ1) is 20.5. The molecule has 2 aliphatic heterocycles. The van der Waals surface area contributed by atoms with Gasteiger partial charge in [0.1, 0.15) is 11.4 Å². The first-order valence-corrected chi connectivity index (χ1v) is 15.2. The number of oxime groups is 1. The van der Waals surface area contributed by atoms with Crippen LogP contribution in [0.25, 0.3) is 0 Å². The number of piperidine rings is 1. The number of hydrogen-bond acceptors (Lipinski definition) is 6. The molecule has 0 atom stereocenters. The number of halogens is 1. The van der Waals surface area contributed by atoms with Crippen LogP contribution in [0.4, 0.5) is 9.18 Å². The first-order valence-electron chi connectivity index (χ1n) is 15.2. The molecule has 8 heteroatoms. The summed E-state index contributed by atoms with van der Waals surface area (Å²) >= 11 is 0. The summed E-state index contributed by atoms with van der Waals surface area (Å²) in [5, 5.41) is 13.1. The molecule has 3 rings (SSSR count). The number of ether oxygens (including phenoxy) is 1. The summed E-state index contributed by atoms with van der Waals surface area (Å²) < 4.78 is 16.3. The smallest absolute Gasteiger partial charge is 0.449 e. The van der Waals surface area contributed by atoms with Gasteiger partial charge in [-0.2, -0.15) is 4.39 Å². The minimum atomic E-state index is -1.32. The lowest BCUT2D eigenvalue weighted by atomic mass is 9.82. The summed E-state index contributed by atoms with van der Waals surface area (Å²) in [6, 6.07) is 6.94. The number of carbonyl (C=O) groups is 1. The molecule has 0 aromatic heterocycles. The predicted octanol–water partition coefficient (Wildman–Crippen LogP) is 9.17. The van der Waals surface area contributed by atoms with Crippen LogP contribution < -0.4 is 4.74 Å². The van der Waals surface area contributed by atoms with Gasteiger partial charge in [-0.05, 0) is 59.2 Å². The van der Waals surface area contributed by atoms with Crippen molar-refractivity contribution in [3.05, 3.63) is 78.4 Å². The van der Waals surface area contributed by atoms with Gasteiger partial charge < -0.3 is 19.6 Å². The average Bonchev–Trinajstić information content (AvgIpc) is 3.40. The molecule has 0 bridgehead atoms. The van der Waals surface area contributed by atoms with Crippen LogP contribution in [0, 0.1) is 5.41 Å². The van der Waals surface area contributed by atoms with E-state index in [2.05, 4.69) is 65.9 Å². The second-order valence-corrected chi connectivity index (χ2v) is 11.3. The van der Waals surface area contributed by atoms with Crippen LogP contribution in [-0.4, -0.2) is 60.1 Å². The average molecular weight is 598 g/mol. The topological polar surface area (TPSA) is 83.7 Å². The van der Waals surface area contributed by atoms with E-state index in [0.29, 0.717) is 12.2 Å². The van der Waals surface area contributed by atoms with E-state index in [9.17, 15) is 9.18 Å². The molecule has 43 heavy (non-hydrogen) atoms. The number of carboxylic acid groups (broad SMARTS) is 1. The zero-order valence-electron chi connectivity index (χ0n) is 27.3. The molecular weight excluding hydrogens is 545 g/mol. The highest BCUT2D eigenvalue weighted by atomic mass is 19.1. The van der Waals surface area contributed by atoms with Gasteiger partial charge in [-0.3, -0.25) is 4.99 Å². The van der Waals surface area contributed by atoms with Gasteiger partial charge in [-0.1, -0.05) is 77.6 Å². The van der Waals surface area contributed by atoms with Crippen molar-refractivity contribution in [3.63, 3.8) is 0 Å². The second kappa shape index (κ2) is 18.9. The molecule has 1 aromatic rings. The van der Waals surface area contributed by atoms with Crippen LogP contribution in [0.1, 0.15) is 85.6 Å². The summed E-state index contributed by atoms with van der Waals surface area (Å²) in [6.45, 7) is 23.3. The van der Waals surface area contributed by atoms with Crippen molar-refractivity contribution in [3.8, 4) is 5.75 Å². The van der Waals surface area contributed by atoms with Gasteiger partial charge in [0.05, 0.1) is 5.71 Å². The van der Waals surface area contributed by atoms with Crippen molar-refractivity contribution in [2.75, 3.05) is 26.7 Å². The van der Waals surface area contributed by atoms with E-state index in [0.717, 1.165) is 63.0 Å². The van der Waals surface area contributed by atoms with E-state index in [1.54, 1.807) is 19.1 Å². The van der Waals surface area contributed by atoms with Gasteiger partial charge in [-0.15, -0.1) is 6.58 Å². The van der Waals surface area contributed by atoms with Crippen molar-refractivity contribution < 1.29 is 23.9 Å². The first kappa shape index (κ1) is 37.5. The Kier molecular flexibility index (Phi) is 16.5. The third-order valence-electron chi connectivity index (χ3n) is 7.19. The zero-order valence-corrected chi connectivity index (χ0v) is 27.3. The lowest BCUT2D eigenvalue weighted by molar-refractivity contribution is -0.0611. The third kappa shape index (κ3) is 12.7. The summed E-state index contributed by atoms with van der Waals surface area (Å²) in [6.07, 6.45) is 12.0. The van der Waals surface area contributed by atoms with E-state index in [1.165, 1.54) is 18.2 Å². The fourth-order valence-electron chi connectivity index (χ4n) is 4.93. The van der Waals surface area contributed by atoms with Crippen molar-refractivity contribution in [2.45, 2.75) is 85.7 Å². The molecule has 1 spiro atoms. The number of nitrogens with zero attached hydrogens (tertiary/aromatic N) is 3. The van der Waals surface area contributed by atoms with Gasteiger partial charge in [0, 0.05) is 52.4 Å². The maximum absolute atomic E-state index is 11.6. The second-order valence-electron chi connectivity index (χ2n) is 11.3. The molecule has 1 fully saturated rings. The normalized spacial score (nSPS) is 17.0. The summed E-state index contributed by atoms with van der Waals surface area (Å²) in [5.41, 5.74) is 4.22. The highest BCUT2D eigenvalue weighted by molar-refractivity contribution is 6.01. The highest BCUT2D eigenvalue weighted by Gasteiger charge is 2.42. The highest BCUT2D eigenvalue weighted by Crippen LogP contribution is 2.36. The molecule has 1 saturated heterocycles. The van der Waals surface area contributed by atoms with Crippen LogP contribution in [0.2, 0.25) is 0 Å². The van der Waals surface area contributed by atoms with Gasteiger partial charge in [0.15, 0.2) is 5.97 Å². The van der Waals surface area contributed by atoms with Crippen LogP contribution in [0.3, 0.4) is 0 Å². The molecule has 0 amide bonds. The zero-order chi connectivity index (χ0) is 32.5. The van der Waals surface area contributed by atoms with Crippen molar-refractivity contribution in [1.29, 1.82) is 0 Å². The fourth-order valence-corrected chi connectivity index (χ4v) is 4.93. The maximum atomic E-state index is 11.6. The Balaban J connectivity index is 0.00000103. The number of aliphatic imine (C=N–C) groups is 1. The van der Waals surface area contributed by atoms with E-state index in [1.807, 2.05) is 38.1 Å². The van der Waals surface area contributed by atoms with Crippen LogP contribution >= 0.6 is 0 Å². The van der Waals surface area contributed by atoms with Crippen LogP contribution in [0.15, 0.2) is 83.0 Å². The quantitative estimate of drug-likeness (QED) is 0.0956. The van der Waals surface area contributed by atoms with E-state index < -0.39 is 6.16 Å². The molecule has 0 unspecified atom stereocenters. The molecule has 2 aliphatic rings. The molecule has 0 saturated carbocycles. The minimum Gasteiger partial charge on any atom is -0.449 e. The van der Waals surface area contributed by atoms with E-state index in [-0.39, 0.29) is 17.0 Å². The summed E-state index contributed by atoms with van der Waals surface area (Å²) in [5.74, 6) is 0.0130. The molecule has 1 aromatic carbocycles. The molecule has 0 radical (unpaired) electrons. The van der Waals surface area contributed by atoms with Gasteiger partial charge >= 0.3 is 6.16 Å². The SMILES string of the molecule is C=CCC(/C=C\CCN1CCC2(CC1)CC(c1ccc(OC(=O)O)cc1)=NO2)=C(/C=C)C(C)(C)C.CC.CCC(F)=NC.